The van der Waals surface area contributed by atoms with Crippen molar-refractivity contribution in [3.05, 3.63) is 34.9 Å². The molecule has 0 radical (unpaired) electrons. The zero-order valence-electron chi connectivity index (χ0n) is 12.2. The van der Waals surface area contributed by atoms with Crippen molar-refractivity contribution in [2.75, 3.05) is 13.6 Å². The molecule has 0 bridgehead atoms. The Morgan fingerprint density at radius 2 is 1.89 bits per heavy atom. The fourth-order valence-electron chi connectivity index (χ4n) is 2.27. The van der Waals surface area contributed by atoms with Gasteiger partial charge in [0.25, 0.3) is 0 Å². The quantitative estimate of drug-likeness (QED) is 0.822. The van der Waals surface area contributed by atoms with E-state index in [2.05, 4.69) is 43.2 Å². The highest BCUT2D eigenvalue weighted by Crippen LogP contribution is 2.20. The molecule has 1 fully saturated rings. The summed E-state index contributed by atoms with van der Waals surface area (Å²) in [4.78, 5) is 2.42. The minimum Gasteiger partial charge on any atom is -0.314 e. The summed E-state index contributed by atoms with van der Waals surface area (Å²) < 4.78 is 0. The average Bonchev–Trinajstić information content (AvgIpc) is 3.21. The Balaban J connectivity index is 1.79. The second-order valence-corrected chi connectivity index (χ2v) is 6.38. The van der Waals surface area contributed by atoms with Gasteiger partial charge in [-0.1, -0.05) is 30.7 Å². The normalized spacial score (nSPS) is 18.6. The Bertz CT molecular complexity index is 386. The lowest BCUT2D eigenvalue weighted by Crippen LogP contribution is -2.39. The molecular formula is C16H25ClN2. The Morgan fingerprint density at radius 1 is 1.26 bits per heavy atom. The van der Waals surface area contributed by atoms with Crippen molar-refractivity contribution >= 4 is 11.6 Å². The van der Waals surface area contributed by atoms with Crippen LogP contribution in [0.5, 0.6) is 0 Å². The van der Waals surface area contributed by atoms with Gasteiger partial charge in [-0.15, -0.1) is 0 Å². The largest absolute Gasteiger partial charge is 0.314 e. The third-order valence-electron chi connectivity index (χ3n) is 4.17. The third kappa shape index (κ3) is 4.79. The molecule has 0 heterocycles. The number of nitrogens with zero attached hydrogens (tertiary/aromatic N) is 1. The van der Waals surface area contributed by atoms with E-state index in [0.29, 0.717) is 12.0 Å². The van der Waals surface area contributed by atoms with Crippen molar-refractivity contribution in [1.82, 2.24) is 10.2 Å². The lowest BCUT2D eigenvalue weighted by Gasteiger charge is -2.30. The van der Waals surface area contributed by atoms with Gasteiger partial charge in [-0.25, -0.2) is 0 Å². The molecule has 1 N–H and O–H groups in total. The molecule has 3 heteroatoms. The van der Waals surface area contributed by atoms with Crippen LogP contribution in [0.4, 0.5) is 0 Å². The molecule has 0 aromatic heterocycles. The summed E-state index contributed by atoms with van der Waals surface area (Å²) in [5, 5.41) is 4.43. The molecule has 19 heavy (non-hydrogen) atoms. The number of rotatable bonds is 7. The first-order valence-electron chi connectivity index (χ1n) is 7.24. The maximum Gasteiger partial charge on any atom is 0.0406 e. The molecule has 0 saturated heterocycles. The van der Waals surface area contributed by atoms with Crippen LogP contribution in [0.3, 0.4) is 0 Å². The highest BCUT2D eigenvalue weighted by molar-refractivity contribution is 6.30. The van der Waals surface area contributed by atoms with Crippen molar-refractivity contribution in [2.45, 2.75) is 45.3 Å². The summed E-state index contributed by atoms with van der Waals surface area (Å²) in [6.07, 6.45) is 2.73. The van der Waals surface area contributed by atoms with Crippen LogP contribution in [-0.4, -0.2) is 30.6 Å². The van der Waals surface area contributed by atoms with Crippen LogP contribution in [0.15, 0.2) is 24.3 Å². The Labute approximate surface area is 122 Å². The van der Waals surface area contributed by atoms with Gasteiger partial charge in [-0.3, -0.25) is 4.90 Å². The molecule has 2 rings (SSSR count). The fraction of sp³-hybridized carbons (Fsp3) is 0.625. The fourth-order valence-corrected chi connectivity index (χ4v) is 2.39. The first kappa shape index (κ1) is 14.8. The second kappa shape index (κ2) is 6.74. The van der Waals surface area contributed by atoms with E-state index in [-0.39, 0.29) is 0 Å². The molecule has 1 aromatic rings. The number of halogens is 1. The maximum atomic E-state index is 5.92. The molecule has 1 saturated carbocycles. The van der Waals surface area contributed by atoms with Gasteiger partial charge in [0, 0.05) is 23.7 Å². The van der Waals surface area contributed by atoms with Crippen LogP contribution in [0.25, 0.3) is 0 Å². The van der Waals surface area contributed by atoms with Crippen molar-refractivity contribution < 1.29 is 0 Å². The van der Waals surface area contributed by atoms with E-state index in [9.17, 15) is 0 Å². The SMILES string of the molecule is CC(CNC1CC1)C(C)N(C)Cc1ccc(Cl)cc1. The van der Waals surface area contributed by atoms with Crippen molar-refractivity contribution in [3.63, 3.8) is 0 Å². The molecule has 0 spiro atoms. The Kier molecular flexibility index (Phi) is 5.26. The van der Waals surface area contributed by atoms with Crippen LogP contribution in [0.2, 0.25) is 5.02 Å². The van der Waals surface area contributed by atoms with Crippen molar-refractivity contribution in [1.29, 1.82) is 0 Å². The van der Waals surface area contributed by atoms with E-state index in [1.807, 2.05) is 12.1 Å². The van der Waals surface area contributed by atoms with Gasteiger partial charge in [0.2, 0.25) is 0 Å². The first-order valence-corrected chi connectivity index (χ1v) is 7.62. The molecule has 106 valence electrons. The zero-order valence-corrected chi connectivity index (χ0v) is 13.0. The van der Waals surface area contributed by atoms with Gasteiger partial charge in [-0.2, -0.15) is 0 Å². The van der Waals surface area contributed by atoms with E-state index in [1.165, 1.54) is 18.4 Å². The minimum atomic E-state index is 0.571. The van der Waals surface area contributed by atoms with Crippen LogP contribution in [0, 0.1) is 5.92 Å². The van der Waals surface area contributed by atoms with E-state index < -0.39 is 0 Å². The van der Waals surface area contributed by atoms with E-state index in [0.717, 1.165) is 24.2 Å². The lowest BCUT2D eigenvalue weighted by molar-refractivity contribution is 0.188. The molecular weight excluding hydrogens is 256 g/mol. The Hall–Kier alpha value is -0.570. The summed E-state index contributed by atoms with van der Waals surface area (Å²) in [7, 11) is 2.20. The first-order chi connectivity index (χ1) is 9.06. The average molecular weight is 281 g/mol. The van der Waals surface area contributed by atoms with Gasteiger partial charge >= 0.3 is 0 Å². The summed E-state index contributed by atoms with van der Waals surface area (Å²) in [6, 6.07) is 9.52. The molecule has 1 aromatic carbocycles. The zero-order chi connectivity index (χ0) is 13.8. The van der Waals surface area contributed by atoms with Gasteiger partial charge in [0.1, 0.15) is 0 Å². The van der Waals surface area contributed by atoms with Gasteiger partial charge in [0.15, 0.2) is 0 Å². The van der Waals surface area contributed by atoms with Gasteiger partial charge < -0.3 is 5.32 Å². The minimum absolute atomic E-state index is 0.571. The predicted octanol–water partition coefficient (Wildman–Crippen LogP) is 3.55. The van der Waals surface area contributed by atoms with Gasteiger partial charge in [-0.05, 0) is 57.0 Å². The maximum absolute atomic E-state index is 5.92. The molecule has 0 aliphatic heterocycles. The number of hydrogen-bond donors (Lipinski definition) is 1. The summed E-state index contributed by atoms with van der Waals surface area (Å²) >= 11 is 5.92. The summed E-state index contributed by atoms with van der Waals surface area (Å²) in [6.45, 7) is 6.75. The number of hydrogen-bond acceptors (Lipinski definition) is 2. The van der Waals surface area contributed by atoms with Crippen LogP contribution >= 0.6 is 11.6 Å². The molecule has 0 amide bonds. The molecule has 2 unspecified atom stereocenters. The summed E-state index contributed by atoms with van der Waals surface area (Å²) in [5.74, 6) is 0.665. The molecule has 1 aliphatic carbocycles. The van der Waals surface area contributed by atoms with E-state index >= 15 is 0 Å². The molecule has 2 nitrogen and oxygen atoms in total. The van der Waals surface area contributed by atoms with E-state index in [4.69, 9.17) is 11.6 Å². The second-order valence-electron chi connectivity index (χ2n) is 5.94. The molecule has 2 atom stereocenters. The topological polar surface area (TPSA) is 15.3 Å². The smallest absolute Gasteiger partial charge is 0.0406 e. The van der Waals surface area contributed by atoms with Crippen molar-refractivity contribution in [2.24, 2.45) is 5.92 Å². The van der Waals surface area contributed by atoms with Crippen LogP contribution in [0.1, 0.15) is 32.3 Å². The van der Waals surface area contributed by atoms with Crippen molar-refractivity contribution in [3.8, 4) is 0 Å². The summed E-state index contributed by atoms with van der Waals surface area (Å²) in [5.41, 5.74) is 1.32. The van der Waals surface area contributed by atoms with Crippen LogP contribution < -0.4 is 5.32 Å². The van der Waals surface area contributed by atoms with E-state index in [1.54, 1.807) is 0 Å². The predicted molar refractivity (Wildman–Crippen MR) is 82.6 cm³/mol. The molecule has 1 aliphatic rings. The number of benzene rings is 1. The third-order valence-corrected chi connectivity index (χ3v) is 4.42. The highest BCUT2D eigenvalue weighted by atomic mass is 35.5. The number of nitrogens with one attached hydrogen (secondary N) is 1. The van der Waals surface area contributed by atoms with Gasteiger partial charge in [0.05, 0.1) is 0 Å². The monoisotopic (exact) mass is 280 g/mol. The van der Waals surface area contributed by atoms with Crippen LogP contribution in [-0.2, 0) is 6.54 Å². The standard InChI is InChI=1S/C16H25ClN2/c1-12(10-18-16-8-9-16)13(2)19(3)11-14-4-6-15(17)7-5-14/h4-7,12-13,16,18H,8-11H2,1-3H3. The lowest BCUT2D eigenvalue weighted by atomic mass is 10.0. The Morgan fingerprint density at radius 3 is 2.47 bits per heavy atom. The highest BCUT2D eigenvalue weighted by Gasteiger charge is 2.23.